The first kappa shape index (κ1) is 16.0. The molecule has 1 saturated heterocycles. The lowest BCUT2D eigenvalue weighted by Crippen LogP contribution is -2.38. The molecule has 0 unspecified atom stereocenters. The second kappa shape index (κ2) is 6.58. The predicted molar refractivity (Wildman–Crippen MR) is 79.8 cm³/mol. The third kappa shape index (κ3) is 3.63. The quantitative estimate of drug-likeness (QED) is 0.907. The number of nitrogens with zero attached hydrogens (tertiary/aromatic N) is 1. The van der Waals surface area contributed by atoms with Gasteiger partial charge in [-0.1, -0.05) is 19.8 Å². The lowest BCUT2D eigenvalue weighted by molar-refractivity contribution is 0.0696. The highest BCUT2D eigenvalue weighted by molar-refractivity contribution is 7.89. The summed E-state index contributed by atoms with van der Waals surface area (Å²) < 4.78 is 26.5. The molecule has 6 heteroatoms. The van der Waals surface area contributed by atoms with Crippen LogP contribution in [0.15, 0.2) is 29.2 Å². The van der Waals surface area contributed by atoms with Crippen molar-refractivity contribution in [2.75, 3.05) is 13.1 Å². The number of piperidine rings is 1. The molecule has 0 amide bonds. The molecule has 2 rings (SSSR count). The molecule has 1 aliphatic heterocycles. The van der Waals surface area contributed by atoms with Gasteiger partial charge >= 0.3 is 5.97 Å². The Hall–Kier alpha value is -1.40. The van der Waals surface area contributed by atoms with Crippen LogP contribution in [0.4, 0.5) is 0 Å². The monoisotopic (exact) mass is 311 g/mol. The molecule has 1 aromatic carbocycles. The van der Waals surface area contributed by atoms with Gasteiger partial charge in [-0.25, -0.2) is 13.2 Å². The molecule has 0 bridgehead atoms. The normalized spacial score (nSPS) is 17.8. The van der Waals surface area contributed by atoms with Crippen LogP contribution < -0.4 is 0 Å². The van der Waals surface area contributed by atoms with Crippen LogP contribution in [0.1, 0.15) is 43.0 Å². The van der Waals surface area contributed by atoms with E-state index in [2.05, 4.69) is 6.92 Å². The highest BCUT2D eigenvalue weighted by Crippen LogP contribution is 2.26. The van der Waals surface area contributed by atoms with E-state index in [9.17, 15) is 13.2 Å². The van der Waals surface area contributed by atoms with Crippen molar-refractivity contribution in [3.05, 3.63) is 29.8 Å². The largest absolute Gasteiger partial charge is 0.478 e. The maximum atomic E-state index is 12.5. The van der Waals surface area contributed by atoms with Gasteiger partial charge in [-0.05, 0) is 43.0 Å². The average molecular weight is 311 g/mol. The fourth-order valence-electron chi connectivity index (χ4n) is 2.77. The van der Waals surface area contributed by atoms with E-state index in [1.807, 2.05) is 0 Å². The number of carboxylic acid groups (broad SMARTS) is 1. The Kier molecular flexibility index (Phi) is 5.00. The molecule has 1 heterocycles. The Morgan fingerprint density at radius 1 is 1.24 bits per heavy atom. The molecule has 1 N–H and O–H groups in total. The van der Waals surface area contributed by atoms with E-state index >= 15 is 0 Å². The molecule has 1 aliphatic rings. The van der Waals surface area contributed by atoms with Gasteiger partial charge < -0.3 is 5.11 Å². The fourth-order valence-corrected chi connectivity index (χ4v) is 4.23. The Labute approximate surface area is 125 Å². The zero-order valence-corrected chi connectivity index (χ0v) is 13.0. The van der Waals surface area contributed by atoms with Crippen LogP contribution in [0.3, 0.4) is 0 Å². The molecule has 0 saturated carbocycles. The maximum absolute atomic E-state index is 12.5. The predicted octanol–water partition coefficient (Wildman–Crippen LogP) is 2.59. The van der Waals surface area contributed by atoms with Gasteiger partial charge in [-0.15, -0.1) is 0 Å². The number of carbonyl (C=O) groups is 1. The first-order valence-corrected chi connectivity index (χ1v) is 8.72. The number of hydrogen-bond donors (Lipinski definition) is 1. The van der Waals surface area contributed by atoms with Gasteiger partial charge in [0.25, 0.3) is 0 Å². The van der Waals surface area contributed by atoms with Gasteiger partial charge in [0.2, 0.25) is 10.0 Å². The van der Waals surface area contributed by atoms with E-state index in [1.165, 1.54) is 28.6 Å². The summed E-state index contributed by atoms with van der Waals surface area (Å²) in [7, 11) is -3.50. The van der Waals surface area contributed by atoms with Gasteiger partial charge in [0, 0.05) is 13.1 Å². The summed E-state index contributed by atoms with van der Waals surface area (Å²) in [6.45, 7) is 3.24. The third-order valence-electron chi connectivity index (χ3n) is 4.01. The van der Waals surface area contributed by atoms with E-state index in [1.54, 1.807) is 0 Å². The van der Waals surface area contributed by atoms with Crippen LogP contribution in [0.25, 0.3) is 0 Å². The van der Waals surface area contributed by atoms with Gasteiger partial charge in [-0.2, -0.15) is 4.31 Å². The smallest absolute Gasteiger partial charge is 0.335 e. The topological polar surface area (TPSA) is 74.7 Å². The number of hydrogen-bond acceptors (Lipinski definition) is 3. The number of sulfonamides is 1. The highest BCUT2D eigenvalue weighted by Gasteiger charge is 2.29. The Bertz CT molecular complexity index is 587. The molecule has 5 nitrogen and oxygen atoms in total. The second-order valence-corrected chi connectivity index (χ2v) is 7.40. The van der Waals surface area contributed by atoms with E-state index in [-0.39, 0.29) is 10.5 Å². The van der Waals surface area contributed by atoms with Crippen molar-refractivity contribution in [3.63, 3.8) is 0 Å². The summed E-state index contributed by atoms with van der Waals surface area (Å²) >= 11 is 0. The number of aromatic carboxylic acids is 1. The summed E-state index contributed by atoms with van der Waals surface area (Å²) in [4.78, 5) is 11.0. The van der Waals surface area contributed by atoms with E-state index in [0.717, 1.165) is 25.7 Å². The average Bonchev–Trinajstić information content (AvgIpc) is 2.48. The van der Waals surface area contributed by atoms with Crippen molar-refractivity contribution < 1.29 is 18.3 Å². The summed E-state index contributed by atoms with van der Waals surface area (Å²) in [6.07, 6.45) is 4.09. The molecular formula is C15H21NO4S. The Morgan fingerprint density at radius 3 is 2.29 bits per heavy atom. The summed E-state index contributed by atoms with van der Waals surface area (Å²) in [6, 6.07) is 5.41. The Morgan fingerprint density at radius 2 is 1.81 bits per heavy atom. The van der Waals surface area contributed by atoms with Crippen LogP contribution >= 0.6 is 0 Å². The van der Waals surface area contributed by atoms with Gasteiger partial charge in [0.1, 0.15) is 0 Å². The van der Waals surface area contributed by atoms with E-state index in [4.69, 9.17) is 5.11 Å². The van der Waals surface area contributed by atoms with Gasteiger partial charge in [-0.3, -0.25) is 0 Å². The summed E-state index contributed by atoms with van der Waals surface area (Å²) in [5.74, 6) is -0.435. The third-order valence-corrected chi connectivity index (χ3v) is 5.92. The molecular weight excluding hydrogens is 290 g/mol. The van der Waals surface area contributed by atoms with Gasteiger partial charge in [0.05, 0.1) is 10.5 Å². The molecule has 21 heavy (non-hydrogen) atoms. The molecule has 116 valence electrons. The van der Waals surface area contributed by atoms with Crippen LogP contribution in [0, 0.1) is 5.92 Å². The van der Waals surface area contributed by atoms with Crippen LogP contribution in [-0.4, -0.2) is 36.9 Å². The first-order chi connectivity index (χ1) is 9.95. The molecule has 0 atom stereocenters. The van der Waals surface area contributed by atoms with Crippen molar-refractivity contribution in [1.29, 1.82) is 0 Å². The maximum Gasteiger partial charge on any atom is 0.335 e. The van der Waals surface area contributed by atoms with Crippen molar-refractivity contribution in [3.8, 4) is 0 Å². The second-order valence-electron chi connectivity index (χ2n) is 5.47. The van der Waals surface area contributed by atoms with Gasteiger partial charge in [0.15, 0.2) is 0 Å². The van der Waals surface area contributed by atoms with Crippen molar-refractivity contribution in [2.24, 2.45) is 5.92 Å². The standard InChI is InChI=1S/C15H21NO4S/c1-2-3-12-8-10-16(11-9-12)21(19,20)14-6-4-13(5-7-14)15(17)18/h4-7,12H,2-3,8-11H2,1H3,(H,17,18). The van der Waals surface area contributed by atoms with Crippen LogP contribution in [-0.2, 0) is 10.0 Å². The minimum absolute atomic E-state index is 0.0932. The number of rotatable bonds is 5. The zero-order chi connectivity index (χ0) is 15.5. The number of carboxylic acids is 1. The van der Waals surface area contributed by atoms with Crippen molar-refractivity contribution in [1.82, 2.24) is 4.31 Å². The molecule has 0 radical (unpaired) electrons. The fraction of sp³-hybridized carbons (Fsp3) is 0.533. The Balaban J connectivity index is 2.10. The van der Waals surface area contributed by atoms with E-state index in [0.29, 0.717) is 19.0 Å². The SMILES string of the molecule is CCCC1CCN(S(=O)(=O)c2ccc(C(=O)O)cc2)CC1. The summed E-state index contributed by atoms with van der Waals surface area (Å²) in [5.41, 5.74) is 0.0932. The number of benzene rings is 1. The molecule has 1 aromatic rings. The molecule has 0 spiro atoms. The molecule has 1 fully saturated rings. The van der Waals surface area contributed by atoms with Crippen LogP contribution in [0.5, 0.6) is 0 Å². The minimum atomic E-state index is -3.50. The van der Waals surface area contributed by atoms with Crippen LogP contribution in [0.2, 0.25) is 0 Å². The minimum Gasteiger partial charge on any atom is -0.478 e. The lowest BCUT2D eigenvalue weighted by atomic mass is 9.94. The molecule has 0 aromatic heterocycles. The molecule has 0 aliphatic carbocycles. The first-order valence-electron chi connectivity index (χ1n) is 7.28. The van der Waals surface area contributed by atoms with Crippen molar-refractivity contribution in [2.45, 2.75) is 37.5 Å². The lowest BCUT2D eigenvalue weighted by Gasteiger charge is -2.31. The van der Waals surface area contributed by atoms with E-state index < -0.39 is 16.0 Å². The van der Waals surface area contributed by atoms with Crippen molar-refractivity contribution >= 4 is 16.0 Å². The zero-order valence-electron chi connectivity index (χ0n) is 12.2. The highest BCUT2D eigenvalue weighted by atomic mass is 32.2. The summed E-state index contributed by atoms with van der Waals surface area (Å²) in [5, 5.41) is 8.85.